The van der Waals surface area contributed by atoms with Gasteiger partial charge < -0.3 is 5.73 Å². The summed E-state index contributed by atoms with van der Waals surface area (Å²) in [6.45, 7) is 1.03. The Morgan fingerprint density at radius 1 is 1.19 bits per heavy atom. The molecule has 2 bridgehead atoms. The second-order valence-corrected chi connectivity index (χ2v) is 4.97. The van der Waals surface area contributed by atoms with Crippen LogP contribution in [0.15, 0.2) is 12.2 Å². The highest BCUT2D eigenvalue weighted by molar-refractivity contribution is 6.06. The zero-order valence-electron chi connectivity index (χ0n) is 9.13. The molecule has 4 atom stereocenters. The van der Waals surface area contributed by atoms with Gasteiger partial charge in [-0.3, -0.25) is 14.5 Å². The highest BCUT2D eigenvalue weighted by Crippen LogP contribution is 2.52. The van der Waals surface area contributed by atoms with Gasteiger partial charge in [0.1, 0.15) is 0 Å². The maximum Gasteiger partial charge on any atom is 0.233 e. The van der Waals surface area contributed by atoms with Gasteiger partial charge in [0.05, 0.1) is 11.8 Å². The number of carbonyl (C=O) groups is 2. The quantitative estimate of drug-likeness (QED) is 0.543. The number of rotatable bonds is 3. The third-order valence-electron chi connectivity index (χ3n) is 4.15. The van der Waals surface area contributed by atoms with Gasteiger partial charge in [0, 0.05) is 6.54 Å². The molecule has 0 spiro atoms. The van der Waals surface area contributed by atoms with E-state index in [0.29, 0.717) is 31.3 Å². The molecule has 16 heavy (non-hydrogen) atoms. The second kappa shape index (κ2) is 3.42. The van der Waals surface area contributed by atoms with Crippen molar-refractivity contribution in [3.8, 4) is 0 Å². The van der Waals surface area contributed by atoms with Crippen molar-refractivity contribution >= 4 is 11.8 Å². The number of fused-ring (bicyclic) bond motifs is 5. The standard InChI is InChI=1S/C12H16N2O2/c13-4-1-5-14-11(15)9-7-2-3-8(6-7)10(9)12(14)16/h2-3,7-10H,1,4-6,13H2/t7-,8+,9-,10-/m1/s1. The number of nitrogens with two attached hydrogens (primary N) is 1. The predicted octanol–water partition coefficient (Wildman–Crippen LogP) is 0.142. The molecular formula is C12H16N2O2. The SMILES string of the molecule is NCCCN1C(=O)[C@H]2[C@H](C1=O)[C@H]1C=C[C@@H]2C1. The molecule has 3 aliphatic rings. The van der Waals surface area contributed by atoms with E-state index in [0.717, 1.165) is 6.42 Å². The average molecular weight is 220 g/mol. The molecule has 4 heteroatoms. The summed E-state index contributed by atoms with van der Waals surface area (Å²) >= 11 is 0. The number of likely N-dealkylation sites (tertiary alicyclic amines) is 1. The lowest BCUT2D eigenvalue weighted by molar-refractivity contribution is -0.140. The fraction of sp³-hybridized carbons (Fsp3) is 0.667. The van der Waals surface area contributed by atoms with Crippen LogP contribution < -0.4 is 5.73 Å². The van der Waals surface area contributed by atoms with Gasteiger partial charge in [-0.1, -0.05) is 12.2 Å². The van der Waals surface area contributed by atoms with Crippen molar-refractivity contribution in [2.45, 2.75) is 12.8 Å². The molecule has 1 aliphatic heterocycles. The van der Waals surface area contributed by atoms with Crippen molar-refractivity contribution in [3.63, 3.8) is 0 Å². The van der Waals surface area contributed by atoms with Gasteiger partial charge >= 0.3 is 0 Å². The van der Waals surface area contributed by atoms with E-state index < -0.39 is 0 Å². The highest BCUT2D eigenvalue weighted by atomic mass is 16.2. The summed E-state index contributed by atoms with van der Waals surface area (Å²) in [5.74, 6) is 0.602. The minimum absolute atomic E-state index is 0.0419. The molecule has 86 valence electrons. The van der Waals surface area contributed by atoms with Gasteiger partial charge in [0.15, 0.2) is 0 Å². The molecule has 4 nitrogen and oxygen atoms in total. The van der Waals surface area contributed by atoms with Crippen molar-refractivity contribution in [2.24, 2.45) is 29.4 Å². The van der Waals surface area contributed by atoms with Gasteiger partial charge in [-0.25, -0.2) is 0 Å². The number of amides is 2. The molecule has 1 saturated carbocycles. The van der Waals surface area contributed by atoms with Crippen LogP contribution in [0.25, 0.3) is 0 Å². The van der Waals surface area contributed by atoms with Crippen molar-refractivity contribution < 1.29 is 9.59 Å². The van der Waals surface area contributed by atoms with E-state index in [1.807, 2.05) is 0 Å². The van der Waals surface area contributed by atoms with Crippen molar-refractivity contribution in [3.05, 3.63) is 12.2 Å². The van der Waals surface area contributed by atoms with Crippen LogP contribution in [-0.4, -0.2) is 29.8 Å². The van der Waals surface area contributed by atoms with Gasteiger partial charge in [0.2, 0.25) is 11.8 Å². The average Bonchev–Trinajstić information content (AvgIpc) is 2.92. The third kappa shape index (κ3) is 1.13. The summed E-state index contributed by atoms with van der Waals surface area (Å²) in [7, 11) is 0. The molecule has 1 heterocycles. The van der Waals surface area contributed by atoms with E-state index in [1.54, 1.807) is 0 Å². The summed E-state index contributed by atoms with van der Waals surface area (Å²) in [6, 6.07) is 0. The Labute approximate surface area is 94.5 Å². The Kier molecular flexibility index (Phi) is 2.14. The monoisotopic (exact) mass is 220 g/mol. The minimum atomic E-state index is -0.0553. The smallest absolute Gasteiger partial charge is 0.233 e. The van der Waals surface area contributed by atoms with E-state index >= 15 is 0 Å². The van der Waals surface area contributed by atoms with Crippen LogP contribution in [0.2, 0.25) is 0 Å². The molecule has 0 radical (unpaired) electrons. The van der Waals surface area contributed by atoms with Crippen LogP contribution in [0.4, 0.5) is 0 Å². The van der Waals surface area contributed by atoms with E-state index in [2.05, 4.69) is 12.2 Å². The molecule has 2 N–H and O–H groups in total. The second-order valence-electron chi connectivity index (χ2n) is 4.97. The molecule has 0 aromatic heterocycles. The molecule has 2 fully saturated rings. The molecule has 0 aromatic rings. The normalized spacial score (nSPS) is 39.9. The first kappa shape index (κ1) is 10.0. The van der Waals surface area contributed by atoms with Gasteiger partial charge in [0.25, 0.3) is 0 Å². The van der Waals surface area contributed by atoms with Crippen molar-refractivity contribution in [2.75, 3.05) is 13.1 Å². The van der Waals surface area contributed by atoms with Gasteiger partial charge in [-0.05, 0) is 31.2 Å². The van der Waals surface area contributed by atoms with Crippen LogP contribution in [0.5, 0.6) is 0 Å². The molecule has 0 aromatic carbocycles. The van der Waals surface area contributed by atoms with Crippen LogP contribution in [0.1, 0.15) is 12.8 Å². The molecule has 2 amide bonds. The Bertz CT molecular complexity index is 347. The number of nitrogens with zero attached hydrogens (tertiary/aromatic N) is 1. The first-order chi connectivity index (χ1) is 7.74. The fourth-order valence-electron chi connectivity index (χ4n) is 3.43. The van der Waals surface area contributed by atoms with Crippen LogP contribution >= 0.6 is 0 Å². The Balaban J connectivity index is 1.83. The largest absolute Gasteiger partial charge is 0.330 e. The Hall–Kier alpha value is -1.16. The summed E-state index contributed by atoms with van der Waals surface area (Å²) < 4.78 is 0. The summed E-state index contributed by atoms with van der Waals surface area (Å²) in [4.78, 5) is 25.7. The molecule has 2 aliphatic carbocycles. The summed E-state index contributed by atoms with van der Waals surface area (Å²) in [5.41, 5.74) is 5.42. The molecule has 0 unspecified atom stereocenters. The van der Waals surface area contributed by atoms with E-state index in [-0.39, 0.29) is 23.7 Å². The summed E-state index contributed by atoms with van der Waals surface area (Å²) in [5, 5.41) is 0. The number of imide groups is 1. The first-order valence-electron chi connectivity index (χ1n) is 5.97. The fourth-order valence-corrected chi connectivity index (χ4v) is 3.43. The zero-order chi connectivity index (χ0) is 11.3. The maximum absolute atomic E-state index is 12.1. The Morgan fingerprint density at radius 3 is 2.25 bits per heavy atom. The number of allylic oxidation sites excluding steroid dienone is 2. The maximum atomic E-state index is 12.1. The third-order valence-corrected chi connectivity index (χ3v) is 4.15. The number of hydrogen-bond donors (Lipinski definition) is 1. The van der Waals surface area contributed by atoms with Crippen LogP contribution in [0, 0.1) is 23.7 Å². The van der Waals surface area contributed by atoms with Crippen LogP contribution in [0.3, 0.4) is 0 Å². The van der Waals surface area contributed by atoms with Crippen molar-refractivity contribution in [1.82, 2.24) is 4.90 Å². The molecule has 3 rings (SSSR count). The lowest BCUT2D eigenvalue weighted by Crippen LogP contribution is -2.34. The molecular weight excluding hydrogens is 204 g/mol. The first-order valence-corrected chi connectivity index (χ1v) is 5.97. The van der Waals surface area contributed by atoms with Crippen LogP contribution in [-0.2, 0) is 9.59 Å². The predicted molar refractivity (Wildman–Crippen MR) is 58.1 cm³/mol. The molecule has 1 saturated heterocycles. The number of carbonyl (C=O) groups excluding carboxylic acids is 2. The van der Waals surface area contributed by atoms with Gasteiger partial charge in [-0.2, -0.15) is 0 Å². The Morgan fingerprint density at radius 2 is 1.75 bits per heavy atom. The minimum Gasteiger partial charge on any atom is -0.330 e. The van der Waals surface area contributed by atoms with Crippen molar-refractivity contribution in [1.29, 1.82) is 0 Å². The van der Waals surface area contributed by atoms with E-state index in [1.165, 1.54) is 4.90 Å². The summed E-state index contributed by atoms with van der Waals surface area (Å²) in [6.07, 6.45) is 5.93. The van der Waals surface area contributed by atoms with E-state index in [9.17, 15) is 9.59 Å². The lowest BCUT2D eigenvalue weighted by atomic mass is 9.85. The van der Waals surface area contributed by atoms with Gasteiger partial charge in [-0.15, -0.1) is 0 Å². The highest BCUT2D eigenvalue weighted by Gasteiger charge is 2.58. The number of hydrogen-bond acceptors (Lipinski definition) is 3. The zero-order valence-corrected chi connectivity index (χ0v) is 9.13. The lowest BCUT2D eigenvalue weighted by Gasteiger charge is -2.16. The topological polar surface area (TPSA) is 63.4 Å². The van der Waals surface area contributed by atoms with E-state index in [4.69, 9.17) is 5.73 Å².